The SMILES string of the molecule is CCN1CCN(C(=O)C2C[C@H]3CC[C@@H]2O3)CC1. The first kappa shape index (κ1) is 11.5. The highest BCUT2D eigenvalue weighted by molar-refractivity contribution is 5.80. The third-order valence-corrected chi connectivity index (χ3v) is 4.55. The molecule has 96 valence electrons. The average molecular weight is 238 g/mol. The van der Waals surface area contributed by atoms with Crippen molar-refractivity contribution >= 4 is 5.91 Å². The number of rotatable bonds is 2. The highest BCUT2D eigenvalue weighted by Crippen LogP contribution is 2.39. The standard InChI is InChI=1S/C13H22N2O2/c1-2-14-5-7-15(8-6-14)13(16)11-9-10-3-4-12(11)17-10/h10-12H,2-9H2,1H3/t10-,11?,12+/m1/s1. The highest BCUT2D eigenvalue weighted by atomic mass is 16.5. The van der Waals surface area contributed by atoms with Gasteiger partial charge in [-0.1, -0.05) is 6.92 Å². The summed E-state index contributed by atoms with van der Waals surface area (Å²) >= 11 is 0. The molecule has 4 heteroatoms. The number of carbonyl (C=O) groups is 1. The van der Waals surface area contributed by atoms with Gasteiger partial charge in [0.1, 0.15) is 0 Å². The lowest BCUT2D eigenvalue weighted by Gasteiger charge is -2.36. The molecule has 3 fully saturated rings. The molecule has 3 saturated heterocycles. The van der Waals surface area contributed by atoms with Gasteiger partial charge in [-0.15, -0.1) is 0 Å². The van der Waals surface area contributed by atoms with Crippen molar-refractivity contribution in [2.24, 2.45) is 5.92 Å². The molecule has 0 aromatic carbocycles. The van der Waals surface area contributed by atoms with Crippen LogP contribution in [-0.2, 0) is 9.53 Å². The Morgan fingerprint density at radius 3 is 2.53 bits per heavy atom. The lowest BCUT2D eigenvalue weighted by molar-refractivity contribution is -0.138. The number of likely N-dealkylation sites (N-methyl/N-ethyl adjacent to an activating group) is 1. The fraction of sp³-hybridized carbons (Fsp3) is 0.923. The summed E-state index contributed by atoms with van der Waals surface area (Å²) in [5.74, 6) is 0.523. The van der Waals surface area contributed by atoms with E-state index in [0.29, 0.717) is 12.0 Å². The maximum Gasteiger partial charge on any atom is 0.228 e. The Morgan fingerprint density at radius 2 is 2.00 bits per heavy atom. The summed E-state index contributed by atoms with van der Waals surface area (Å²) in [6, 6.07) is 0. The predicted octanol–water partition coefficient (Wildman–Crippen LogP) is 0.718. The summed E-state index contributed by atoms with van der Waals surface area (Å²) in [6.45, 7) is 7.15. The van der Waals surface area contributed by atoms with Gasteiger partial charge in [-0.05, 0) is 25.8 Å². The molecular formula is C13H22N2O2. The van der Waals surface area contributed by atoms with Crippen molar-refractivity contribution in [3.8, 4) is 0 Å². The lowest BCUT2D eigenvalue weighted by atomic mass is 9.88. The third-order valence-electron chi connectivity index (χ3n) is 4.55. The van der Waals surface area contributed by atoms with Crippen molar-refractivity contribution in [2.75, 3.05) is 32.7 Å². The van der Waals surface area contributed by atoms with Gasteiger partial charge < -0.3 is 14.5 Å². The number of hydrogen-bond acceptors (Lipinski definition) is 3. The number of hydrogen-bond donors (Lipinski definition) is 0. The van der Waals surface area contributed by atoms with Crippen LogP contribution in [0.25, 0.3) is 0 Å². The number of piperazine rings is 1. The van der Waals surface area contributed by atoms with Crippen molar-refractivity contribution in [1.29, 1.82) is 0 Å². The molecule has 3 aliphatic rings. The fourth-order valence-electron chi connectivity index (χ4n) is 3.42. The Labute approximate surface area is 103 Å². The van der Waals surface area contributed by atoms with Crippen LogP contribution < -0.4 is 0 Å². The van der Waals surface area contributed by atoms with Gasteiger partial charge in [-0.3, -0.25) is 4.79 Å². The van der Waals surface area contributed by atoms with Crippen LogP contribution in [0.5, 0.6) is 0 Å². The molecule has 0 N–H and O–H groups in total. The van der Waals surface area contributed by atoms with E-state index in [2.05, 4.69) is 16.7 Å². The second-order valence-electron chi connectivity index (χ2n) is 5.48. The van der Waals surface area contributed by atoms with Crippen LogP contribution in [0.1, 0.15) is 26.2 Å². The van der Waals surface area contributed by atoms with E-state index in [1.807, 2.05) is 0 Å². The molecule has 0 aromatic heterocycles. The molecule has 3 aliphatic heterocycles. The van der Waals surface area contributed by atoms with Gasteiger partial charge in [0.2, 0.25) is 5.91 Å². The highest BCUT2D eigenvalue weighted by Gasteiger charge is 2.45. The van der Waals surface area contributed by atoms with Crippen LogP contribution in [0, 0.1) is 5.92 Å². The van der Waals surface area contributed by atoms with E-state index in [1.165, 1.54) is 0 Å². The zero-order valence-electron chi connectivity index (χ0n) is 10.6. The topological polar surface area (TPSA) is 32.8 Å². The van der Waals surface area contributed by atoms with Crippen molar-refractivity contribution in [3.63, 3.8) is 0 Å². The molecule has 0 saturated carbocycles. The molecular weight excluding hydrogens is 216 g/mol. The average Bonchev–Trinajstić information content (AvgIpc) is 3.00. The maximum atomic E-state index is 12.4. The van der Waals surface area contributed by atoms with Gasteiger partial charge in [-0.25, -0.2) is 0 Å². The van der Waals surface area contributed by atoms with Gasteiger partial charge >= 0.3 is 0 Å². The fourth-order valence-corrected chi connectivity index (χ4v) is 3.42. The van der Waals surface area contributed by atoms with Gasteiger partial charge in [0.15, 0.2) is 0 Å². The first-order chi connectivity index (χ1) is 8.28. The number of carbonyl (C=O) groups excluding carboxylic acids is 1. The normalized spacial score (nSPS) is 37.7. The number of amides is 1. The maximum absolute atomic E-state index is 12.4. The summed E-state index contributed by atoms with van der Waals surface area (Å²) in [7, 11) is 0. The van der Waals surface area contributed by atoms with Crippen LogP contribution in [0.4, 0.5) is 0 Å². The molecule has 1 amide bonds. The lowest BCUT2D eigenvalue weighted by Crippen LogP contribution is -2.51. The van der Waals surface area contributed by atoms with E-state index in [-0.39, 0.29) is 12.0 Å². The summed E-state index contributed by atoms with van der Waals surface area (Å²) in [4.78, 5) is 16.9. The van der Waals surface area contributed by atoms with Gasteiger partial charge in [0, 0.05) is 26.2 Å². The summed E-state index contributed by atoms with van der Waals surface area (Å²) in [5, 5.41) is 0. The second-order valence-corrected chi connectivity index (χ2v) is 5.48. The number of ether oxygens (including phenoxy) is 1. The monoisotopic (exact) mass is 238 g/mol. The molecule has 1 unspecified atom stereocenters. The Balaban J connectivity index is 1.56. The summed E-state index contributed by atoms with van der Waals surface area (Å²) in [6.07, 6.45) is 3.84. The van der Waals surface area contributed by atoms with E-state index in [4.69, 9.17) is 4.74 Å². The first-order valence-electron chi connectivity index (χ1n) is 6.94. The molecule has 2 bridgehead atoms. The van der Waals surface area contributed by atoms with Crippen LogP contribution in [0.15, 0.2) is 0 Å². The second kappa shape index (κ2) is 4.58. The molecule has 0 radical (unpaired) electrons. The molecule has 17 heavy (non-hydrogen) atoms. The minimum absolute atomic E-state index is 0.168. The molecule has 0 aromatic rings. The predicted molar refractivity (Wildman–Crippen MR) is 64.7 cm³/mol. The van der Waals surface area contributed by atoms with Gasteiger partial charge in [0.25, 0.3) is 0 Å². The molecule has 3 rings (SSSR count). The largest absolute Gasteiger partial charge is 0.374 e. The van der Waals surface area contributed by atoms with Crippen molar-refractivity contribution in [2.45, 2.75) is 38.4 Å². The third kappa shape index (κ3) is 2.08. The Morgan fingerprint density at radius 1 is 1.24 bits per heavy atom. The Kier molecular flexibility index (Phi) is 3.09. The summed E-state index contributed by atoms with van der Waals surface area (Å²) < 4.78 is 5.78. The van der Waals surface area contributed by atoms with E-state index in [0.717, 1.165) is 52.0 Å². The van der Waals surface area contributed by atoms with Crippen LogP contribution >= 0.6 is 0 Å². The molecule has 3 atom stereocenters. The number of fused-ring (bicyclic) bond motifs is 2. The zero-order chi connectivity index (χ0) is 11.8. The van der Waals surface area contributed by atoms with E-state index in [9.17, 15) is 4.79 Å². The summed E-state index contributed by atoms with van der Waals surface area (Å²) in [5.41, 5.74) is 0. The smallest absolute Gasteiger partial charge is 0.228 e. The Bertz CT molecular complexity index is 300. The zero-order valence-corrected chi connectivity index (χ0v) is 10.6. The molecule has 4 nitrogen and oxygen atoms in total. The molecule has 0 aliphatic carbocycles. The van der Waals surface area contributed by atoms with E-state index in [1.54, 1.807) is 0 Å². The van der Waals surface area contributed by atoms with Crippen LogP contribution in [0.3, 0.4) is 0 Å². The van der Waals surface area contributed by atoms with Crippen molar-refractivity contribution in [1.82, 2.24) is 9.80 Å². The first-order valence-corrected chi connectivity index (χ1v) is 6.94. The molecule has 3 heterocycles. The quantitative estimate of drug-likeness (QED) is 0.710. The van der Waals surface area contributed by atoms with Crippen LogP contribution in [-0.4, -0.2) is 60.6 Å². The minimum atomic E-state index is 0.168. The van der Waals surface area contributed by atoms with E-state index >= 15 is 0 Å². The van der Waals surface area contributed by atoms with Crippen molar-refractivity contribution < 1.29 is 9.53 Å². The van der Waals surface area contributed by atoms with Gasteiger partial charge in [-0.2, -0.15) is 0 Å². The van der Waals surface area contributed by atoms with Gasteiger partial charge in [0.05, 0.1) is 18.1 Å². The Hall–Kier alpha value is -0.610. The minimum Gasteiger partial charge on any atom is -0.374 e. The molecule has 0 spiro atoms. The van der Waals surface area contributed by atoms with E-state index < -0.39 is 0 Å². The van der Waals surface area contributed by atoms with Crippen LogP contribution in [0.2, 0.25) is 0 Å². The van der Waals surface area contributed by atoms with Crippen molar-refractivity contribution in [3.05, 3.63) is 0 Å². The number of nitrogens with zero attached hydrogens (tertiary/aromatic N) is 2.